The van der Waals surface area contributed by atoms with Crippen LogP contribution in [-0.2, 0) is 17.9 Å². The van der Waals surface area contributed by atoms with Crippen LogP contribution in [0.4, 0.5) is 0 Å². The molecule has 0 aliphatic rings. The highest BCUT2D eigenvalue weighted by Crippen LogP contribution is 2.18. The van der Waals surface area contributed by atoms with Crippen molar-refractivity contribution in [1.29, 1.82) is 0 Å². The molecule has 0 bridgehead atoms. The SMILES string of the molecule is CC(C)COc1ccccc1CNC(=O)Cn1nnc2ccccc2c1=O. The second-order valence-electron chi connectivity index (χ2n) is 6.66. The minimum atomic E-state index is -0.337. The number of para-hydroxylation sites is 1. The Morgan fingerprint density at radius 3 is 2.70 bits per heavy atom. The average Bonchev–Trinajstić information content (AvgIpc) is 2.67. The maximum Gasteiger partial charge on any atom is 0.278 e. The van der Waals surface area contributed by atoms with E-state index >= 15 is 0 Å². The summed E-state index contributed by atoms with van der Waals surface area (Å²) in [7, 11) is 0. The normalized spacial score (nSPS) is 10.9. The molecule has 1 N–H and O–H groups in total. The number of hydrogen-bond donors (Lipinski definition) is 1. The monoisotopic (exact) mass is 366 g/mol. The predicted octanol–water partition coefficient (Wildman–Crippen LogP) is 2.14. The van der Waals surface area contributed by atoms with Gasteiger partial charge in [-0.2, -0.15) is 0 Å². The van der Waals surface area contributed by atoms with Crippen molar-refractivity contribution in [3.05, 3.63) is 64.4 Å². The molecule has 0 saturated carbocycles. The number of aromatic nitrogens is 3. The average molecular weight is 366 g/mol. The molecule has 0 aliphatic heterocycles. The first kappa shape index (κ1) is 18.6. The first-order chi connectivity index (χ1) is 13.0. The molecule has 3 aromatic rings. The molecule has 1 amide bonds. The minimum Gasteiger partial charge on any atom is -0.493 e. The van der Waals surface area contributed by atoms with Gasteiger partial charge >= 0.3 is 0 Å². The van der Waals surface area contributed by atoms with E-state index in [0.29, 0.717) is 30.0 Å². The van der Waals surface area contributed by atoms with Crippen LogP contribution in [0, 0.1) is 5.92 Å². The summed E-state index contributed by atoms with van der Waals surface area (Å²) in [4.78, 5) is 24.7. The molecular formula is C20H22N4O3. The zero-order chi connectivity index (χ0) is 19.2. The largest absolute Gasteiger partial charge is 0.493 e. The van der Waals surface area contributed by atoms with Gasteiger partial charge in [0.15, 0.2) is 0 Å². The van der Waals surface area contributed by atoms with E-state index in [9.17, 15) is 9.59 Å². The van der Waals surface area contributed by atoms with Crippen molar-refractivity contribution >= 4 is 16.8 Å². The summed E-state index contributed by atoms with van der Waals surface area (Å²) in [5.74, 6) is 0.834. The number of rotatable bonds is 7. The van der Waals surface area contributed by atoms with Crippen LogP contribution in [-0.4, -0.2) is 27.5 Å². The molecule has 0 radical (unpaired) electrons. The summed E-state index contributed by atoms with van der Waals surface area (Å²) >= 11 is 0. The topological polar surface area (TPSA) is 86.1 Å². The number of carbonyl (C=O) groups is 1. The predicted molar refractivity (Wildman–Crippen MR) is 102 cm³/mol. The van der Waals surface area contributed by atoms with Gasteiger partial charge in [-0.15, -0.1) is 5.10 Å². The van der Waals surface area contributed by atoms with E-state index in [1.54, 1.807) is 24.3 Å². The van der Waals surface area contributed by atoms with Crippen LogP contribution in [0.2, 0.25) is 0 Å². The van der Waals surface area contributed by atoms with Gasteiger partial charge < -0.3 is 10.1 Å². The number of ether oxygens (including phenoxy) is 1. The Hall–Kier alpha value is -3.22. The summed E-state index contributed by atoms with van der Waals surface area (Å²) in [6.45, 7) is 4.88. The molecule has 0 spiro atoms. The molecule has 3 rings (SSSR count). The highest BCUT2D eigenvalue weighted by Gasteiger charge is 2.10. The van der Waals surface area contributed by atoms with Gasteiger partial charge in [-0.05, 0) is 24.1 Å². The van der Waals surface area contributed by atoms with Crippen molar-refractivity contribution in [1.82, 2.24) is 20.3 Å². The van der Waals surface area contributed by atoms with Crippen molar-refractivity contribution in [2.75, 3.05) is 6.61 Å². The number of benzene rings is 2. The van der Waals surface area contributed by atoms with E-state index in [1.807, 2.05) is 24.3 Å². The molecule has 0 fully saturated rings. The van der Waals surface area contributed by atoms with Crippen LogP contribution in [0.1, 0.15) is 19.4 Å². The third-order valence-corrected chi connectivity index (χ3v) is 3.94. The Labute approximate surface area is 157 Å². The van der Waals surface area contributed by atoms with Crippen molar-refractivity contribution in [2.45, 2.75) is 26.9 Å². The summed E-state index contributed by atoms with van der Waals surface area (Å²) in [6, 6.07) is 14.5. The Balaban J connectivity index is 1.66. The van der Waals surface area contributed by atoms with E-state index in [0.717, 1.165) is 16.0 Å². The van der Waals surface area contributed by atoms with Gasteiger partial charge in [0.05, 0.1) is 12.0 Å². The number of hydrogen-bond acceptors (Lipinski definition) is 5. The number of amides is 1. The van der Waals surface area contributed by atoms with Crippen LogP contribution < -0.4 is 15.6 Å². The van der Waals surface area contributed by atoms with E-state index < -0.39 is 0 Å². The Bertz CT molecular complexity index is 998. The van der Waals surface area contributed by atoms with E-state index in [4.69, 9.17) is 4.74 Å². The van der Waals surface area contributed by atoms with Crippen LogP contribution >= 0.6 is 0 Å². The fourth-order valence-electron chi connectivity index (χ4n) is 2.56. The van der Waals surface area contributed by atoms with Crippen LogP contribution in [0.15, 0.2) is 53.3 Å². The van der Waals surface area contributed by atoms with Gasteiger partial charge in [-0.3, -0.25) is 9.59 Å². The van der Waals surface area contributed by atoms with Crippen LogP contribution in [0.25, 0.3) is 10.9 Å². The fraction of sp³-hybridized carbons (Fsp3) is 0.300. The van der Waals surface area contributed by atoms with Gasteiger partial charge in [-0.1, -0.05) is 49.4 Å². The Morgan fingerprint density at radius 2 is 1.89 bits per heavy atom. The lowest BCUT2D eigenvalue weighted by atomic mass is 10.2. The maximum absolute atomic E-state index is 12.4. The Kier molecular flexibility index (Phi) is 5.80. The quantitative estimate of drug-likeness (QED) is 0.692. The van der Waals surface area contributed by atoms with E-state index in [-0.39, 0.29) is 18.0 Å². The fourth-order valence-corrected chi connectivity index (χ4v) is 2.56. The maximum atomic E-state index is 12.4. The van der Waals surface area contributed by atoms with Crippen molar-refractivity contribution in [3.8, 4) is 5.75 Å². The van der Waals surface area contributed by atoms with Crippen molar-refractivity contribution < 1.29 is 9.53 Å². The first-order valence-corrected chi connectivity index (χ1v) is 8.84. The standard InChI is InChI=1S/C20H22N4O3/c1-14(2)13-27-18-10-6-3-7-15(18)11-21-19(25)12-24-20(26)16-8-4-5-9-17(16)22-23-24/h3-10,14H,11-13H2,1-2H3,(H,21,25). The zero-order valence-corrected chi connectivity index (χ0v) is 15.4. The van der Waals surface area contributed by atoms with Crippen LogP contribution in [0.3, 0.4) is 0 Å². The lowest BCUT2D eigenvalue weighted by Crippen LogP contribution is -2.34. The number of nitrogens with zero attached hydrogens (tertiary/aromatic N) is 3. The molecule has 7 heteroatoms. The van der Waals surface area contributed by atoms with Gasteiger partial charge in [0.25, 0.3) is 5.56 Å². The molecule has 1 heterocycles. The summed E-state index contributed by atoms with van der Waals surface area (Å²) < 4.78 is 6.86. The summed E-state index contributed by atoms with van der Waals surface area (Å²) in [5.41, 5.74) is 1.05. The smallest absolute Gasteiger partial charge is 0.278 e. The van der Waals surface area contributed by atoms with Gasteiger partial charge in [0.2, 0.25) is 5.91 Å². The van der Waals surface area contributed by atoms with Crippen molar-refractivity contribution in [3.63, 3.8) is 0 Å². The van der Waals surface area contributed by atoms with E-state index in [2.05, 4.69) is 29.5 Å². The molecule has 140 valence electrons. The third kappa shape index (κ3) is 4.69. The second-order valence-corrected chi connectivity index (χ2v) is 6.66. The molecular weight excluding hydrogens is 344 g/mol. The zero-order valence-electron chi connectivity index (χ0n) is 15.4. The van der Waals surface area contributed by atoms with E-state index in [1.165, 1.54) is 0 Å². The molecule has 7 nitrogen and oxygen atoms in total. The third-order valence-electron chi connectivity index (χ3n) is 3.94. The molecule has 0 saturated heterocycles. The van der Waals surface area contributed by atoms with Gasteiger partial charge in [0, 0.05) is 12.1 Å². The van der Waals surface area contributed by atoms with Gasteiger partial charge in [-0.25, -0.2) is 4.68 Å². The summed E-state index contributed by atoms with van der Waals surface area (Å²) in [5, 5.41) is 11.1. The highest BCUT2D eigenvalue weighted by molar-refractivity contribution is 5.78. The number of nitrogens with one attached hydrogen (secondary N) is 1. The van der Waals surface area contributed by atoms with Gasteiger partial charge in [0.1, 0.15) is 17.8 Å². The highest BCUT2D eigenvalue weighted by atomic mass is 16.5. The summed E-state index contributed by atoms with van der Waals surface area (Å²) in [6.07, 6.45) is 0. The lowest BCUT2D eigenvalue weighted by molar-refractivity contribution is -0.122. The van der Waals surface area contributed by atoms with Crippen molar-refractivity contribution in [2.24, 2.45) is 5.92 Å². The Morgan fingerprint density at radius 1 is 1.15 bits per heavy atom. The molecule has 27 heavy (non-hydrogen) atoms. The molecule has 0 aliphatic carbocycles. The lowest BCUT2D eigenvalue weighted by Gasteiger charge is -2.13. The molecule has 0 atom stereocenters. The minimum absolute atomic E-state index is 0.189. The molecule has 1 aromatic heterocycles. The second kappa shape index (κ2) is 8.44. The van der Waals surface area contributed by atoms with Crippen LogP contribution in [0.5, 0.6) is 5.75 Å². The number of carbonyl (C=O) groups excluding carboxylic acids is 1. The number of fused-ring (bicyclic) bond motifs is 1. The molecule has 0 unspecified atom stereocenters. The first-order valence-electron chi connectivity index (χ1n) is 8.84. The molecule has 2 aromatic carbocycles.